The Kier molecular flexibility index (Phi) is 10.2. The van der Waals surface area contributed by atoms with Gasteiger partial charge in [0.25, 0.3) is 0 Å². The summed E-state index contributed by atoms with van der Waals surface area (Å²) < 4.78 is 2.39. The van der Waals surface area contributed by atoms with Crippen LogP contribution in [0.2, 0.25) is 0 Å². The van der Waals surface area contributed by atoms with Gasteiger partial charge < -0.3 is 9.47 Å². The first-order valence-electron chi connectivity index (χ1n) is 24.1. The first kappa shape index (κ1) is 41.0. The number of aromatic nitrogens is 1. The third-order valence-electron chi connectivity index (χ3n) is 13.9. The van der Waals surface area contributed by atoms with Gasteiger partial charge >= 0.3 is 0 Å². The van der Waals surface area contributed by atoms with Crippen molar-refractivity contribution in [1.29, 1.82) is 0 Å². The maximum atomic E-state index is 2.41. The van der Waals surface area contributed by atoms with Crippen LogP contribution >= 0.6 is 0 Å². The zero-order valence-electron chi connectivity index (χ0n) is 38.5. The molecule has 1 aromatic heterocycles. The Bertz CT molecular complexity index is 4020. The minimum Gasteiger partial charge on any atom is -0.310 e. The zero-order chi connectivity index (χ0) is 46.4. The molecule has 0 radical (unpaired) electrons. The van der Waals surface area contributed by atoms with Gasteiger partial charge in [0, 0.05) is 33.5 Å². The predicted octanol–water partition coefficient (Wildman–Crippen LogP) is 18.9. The van der Waals surface area contributed by atoms with Gasteiger partial charge in [-0.2, -0.15) is 0 Å². The van der Waals surface area contributed by atoms with Crippen LogP contribution in [-0.4, -0.2) is 4.57 Å². The molecule has 0 bridgehead atoms. The SMILES string of the molecule is c1ccc(-c2cccc(N(c3ccc(-c4ccc5c(c4)c(-c4ccccc4)c(-c4ccccc4)c4ccccc45)cc3)c3cccc(-c4cccc5c4c4ccccc4n5-c4ccccc4)c3)c2)cc1. The van der Waals surface area contributed by atoms with E-state index in [-0.39, 0.29) is 0 Å². The summed E-state index contributed by atoms with van der Waals surface area (Å²) in [6, 6.07) is 102. The molecule has 0 aliphatic rings. The fourth-order valence-electron chi connectivity index (χ4n) is 10.8. The largest absolute Gasteiger partial charge is 0.310 e. The lowest BCUT2D eigenvalue weighted by molar-refractivity contribution is 1.18. The van der Waals surface area contributed by atoms with Gasteiger partial charge in [-0.15, -0.1) is 0 Å². The van der Waals surface area contributed by atoms with Crippen LogP contribution < -0.4 is 4.90 Å². The number of rotatable bonds is 9. The van der Waals surface area contributed by atoms with Crippen LogP contribution in [0.5, 0.6) is 0 Å². The average molecular weight is 891 g/mol. The molecule has 0 aliphatic heterocycles. The standard InChI is InChI=1S/C68H46N2/c1-5-20-47(21-6-1)51-26-17-30-56(44-51)69(57-31-18-27-53(45-57)58-35-19-37-65-68(58)62-34-15-16-36-64(62)70(65)54-28-11-4-12-29-54)55-41-38-48(39-42-55)52-40-43-60-59-32-13-14-33-61(59)66(49-22-7-2-8-23-49)67(63(60)46-52)50-24-9-3-10-25-50/h1-46H. The second-order valence-corrected chi connectivity index (χ2v) is 18.0. The van der Waals surface area contributed by atoms with Crippen molar-refractivity contribution in [2.45, 2.75) is 0 Å². The lowest BCUT2D eigenvalue weighted by atomic mass is 9.84. The van der Waals surface area contributed by atoms with E-state index in [0.717, 1.165) is 33.9 Å². The molecule has 0 atom stereocenters. The molecular weight excluding hydrogens is 845 g/mol. The lowest BCUT2D eigenvalue weighted by Crippen LogP contribution is -2.10. The molecule has 0 saturated heterocycles. The van der Waals surface area contributed by atoms with Gasteiger partial charge in [0.05, 0.1) is 11.0 Å². The maximum Gasteiger partial charge on any atom is 0.0547 e. The summed E-state index contributed by atoms with van der Waals surface area (Å²) in [6.07, 6.45) is 0. The molecule has 0 saturated carbocycles. The Morgan fingerprint density at radius 2 is 0.700 bits per heavy atom. The van der Waals surface area contributed by atoms with Crippen LogP contribution in [-0.2, 0) is 0 Å². The summed E-state index contributed by atoms with van der Waals surface area (Å²) in [5, 5.41) is 7.48. The van der Waals surface area contributed by atoms with Gasteiger partial charge in [-0.05, 0) is 144 Å². The van der Waals surface area contributed by atoms with Crippen molar-refractivity contribution in [2.75, 3.05) is 4.90 Å². The minimum atomic E-state index is 1.08. The highest BCUT2D eigenvalue weighted by Crippen LogP contribution is 2.47. The summed E-state index contributed by atoms with van der Waals surface area (Å²) >= 11 is 0. The first-order valence-corrected chi connectivity index (χ1v) is 24.1. The van der Waals surface area contributed by atoms with E-state index in [9.17, 15) is 0 Å². The van der Waals surface area contributed by atoms with E-state index >= 15 is 0 Å². The highest BCUT2D eigenvalue weighted by Gasteiger charge is 2.21. The highest BCUT2D eigenvalue weighted by molar-refractivity contribution is 6.22. The third kappa shape index (κ3) is 7.13. The van der Waals surface area contributed by atoms with E-state index in [1.165, 1.54) is 87.9 Å². The molecule has 12 aromatic carbocycles. The van der Waals surface area contributed by atoms with Crippen LogP contribution in [0.3, 0.4) is 0 Å². The van der Waals surface area contributed by atoms with Gasteiger partial charge in [-0.1, -0.05) is 212 Å². The summed E-state index contributed by atoms with van der Waals surface area (Å²) in [5.74, 6) is 0. The fraction of sp³-hybridized carbons (Fsp3) is 0. The van der Waals surface area contributed by atoms with Gasteiger partial charge in [-0.3, -0.25) is 0 Å². The Morgan fingerprint density at radius 1 is 0.243 bits per heavy atom. The lowest BCUT2D eigenvalue weighted by Gasteiger charge is -2.27. The van der Waals surface area contributed by atoms with Crippen molar-refractivity contribution in [3.63, 3.8) is 0 Å². The van der Waals surface area contributed by atoms with Crippen LogP contribution in [0.4, 0.5) is 17.1 Å². The van der Waals surface area contributed by atoms with Crippen molar-refractivity contribution in [2.24, 2.45) is 0 Å². The number of nitrogens with zero attached hydrogens (tertiary/aromatic N) is 2. The summed E-state index contributed by atoms with van der Waals surface area (Å²) in [4.78, 5) is 2.40. The molecule has 70 heavy (non-hydrogen) atoms. The van der Waals surface area contributed by atoms with Crippen LogP contribution in [0.1, 0.15) is 0 Å². The topological polar surface area (TPSA) is 8.17 Å². The Balaban J connectivity index is 0.964. The highest BCUT2D eigenvalue weighted by atomic mass is 15.1. The van der Waals surface area contributed by atoms with E-state index < -0.39 is 0 Å². The molecule has 13 rings (SSSR count). The first-order chi connectivity index (χ1) is 34.7. The quantitative estimate of drug-likeness (QED) is 0.131. The normalized spacial score (nSPS) is 11.4. The van der Waals surface area contributed by atoms with Crippen LogP contribution in [0.15, 0.2) is 279 Å². The summed E-state index contributed by atoms with van der Waals surface area (Å²) in [6.45, 7) is 0. The second kappa shape index (κ2) is 17.4. The monoisotopic (exact) mass is 890 g/mol. The second-order valence-electron chi connectivity index (χ2n) is 18.0. The van der Waals surface area contributed by atoms with E-state index in [1.807, 2.05) is 0 Å². The number of anilines is 3. The Hall–Kier alpha value is -9.24. The molecule has 0 aliphatic carbocycles. The molecule has 0 N–H and O–H groups in total. The molecule has 0 spiro atoms. The molecule has 0 fully saturated rings. The van der Waals surface area contributed by atoms with Gasteiger partial charge in [0.15, 0.2) is 0 Å². The molecular formula is C68H46N2. The van der Waals surface area contributed by atoms with Crippen LogP contribution in [0, 0.1) is 0 Å². The predicted molar refractivity (Wildman–Crippen MR) is 298 cm³/mol. The zero-order valence-corrected chi connectivity index (χ0v) is 38.5. The van der Waals surface area contributed by atoms with Crippen molar-refractivity contribution in [3.8, 4) is 61.3 Å². The summed E-state index contributed by atoms with van der Waals surface area (Å²) in [7, 11) is 0. The molecule has 2 heteroatoms. The molecule has 328 valence electrons. The molecule has 2 nitrogen and oxygen atoms in total. The molecule has 0 unspecified atom stereocenters. The van der Waals surface area contributed by atoms with E-state index in [4.69, 9.17) is 0 Å². The average Bonchev–Trinajstić information content (AvgIpc) is 3.78. The van der Waals surface area contributed by atoms with E-state index in [1.54, 1.807) is 0 Å². The summed E-state index contributed by atoms with van der Waals surface area (Å²) in [5.41, 5.74) is 18.8. The smallest absolute Gasteiger partial charge is 0.0547 e. The number of fused-ring (bicyclic) bond motifs is 6. The maximum absolute atomic E-state index is 2.41. The van der Waals surface area contributed by atoms with Crippen molar-refractivity contribution in [1.82, 2.24) is 4.57 Å². The van der Waals surface area contributed by atoms with Crippen molar-refractivity contribution in [3.05, 3.63) is 279 Å². The number of hydrogen-bond acceptors (Lipinski definition) is 1. The fourth-order valence-corrected chi connectivity index (χ4v) is 10.8. The van der Waals surface area contributed by atoms with E-state index in [2.05, 4.69) is 289 Å². The van der Waals surface area contributed by atoms with Crippen LogP contribution in [0.25, 0.3) is 105 Å². The third-order valence-corrected chi connectivity index (χ3v) is 13.9. The van der Waals surface area contributed by atoms with E-state index in [0.29, 0.717) is 0 Å². The number of para-hydroxylation sites is 2. The molecule has 1 heterocycles. The Morgan fingerprint density at radius 3 is 1.39 bits per heavy atom. The Labute approximate surface area is 408 Å². The molecule has 0 amide bonds. The number of benzene rings is 12. The van der Waals surface area contributed by atoms with Gasteiger partial charge in [0.2, 0.25) is 0 Å². The van der Waals surface area contributed by atoms with Crippen molar-refractivity contribution >= 4 is 60.4 Å². The van der Waals surface area contributed by atoms with Gasteiger partial charge in [-0.25, -0.2) is 0 Å². The van der Waals surface area contributed by atoms with Crippen molar-refractivity contribution < 1.29 is 0 Å². The van der Waals surface area contributed by atoms with Gasteiger partial charge in [0.1, 0.15) is 0 Å². The minimum absolute atomic E-state index is 1.08. The molecule has 13 aromatic rings. The number of hydrogen-bond donors (Lipinski definition) is 0.